The SMILES string of the molecule is O=C(NCCc1ccc2c(c1)CCO2)N1CC2(CCOCC2)C1c1ccccc1. The van der Waals surface area contributed by atoms with Gasteiger partial charge in [0.2, 0.25) is 0 Å². The van der Waals surface area contributed by atoms with Gasteiger partial charge in [-0.3, -0.25) is 0 Å². The van der Waals surface area contributed by atoms with Crippen molar-refractivity contribution in [1.82, 2.24) is 10.2 Å². The Kier molecular flexibility index (Phi) is 4.92. The summed E-state index contributed by atoms with van der Waals surface area (Å²) in [6.07, 6.45) is 3.86. The highest BCUT2D eigenvalue weighted by atomic mass is 16.5. The van der Waals surface area contributed by atoms with Crippen LogP contribution in [-0.4, -0.2) is 43.8 Å². The number of likely N-dealkylation sites (tertiary alicyclic amines) is 1. The minimum Gasteiger partial charge on any atom is -0.493 e. The van der Waals surface area contributed by atoms with Crippen LogP contribution in [0.5, 0.6) is 5.75 Å². The summed E-state index contributed by atoms with van der Waals surface area (Å²) in [5.74, 6) is 1.01. The quantitative estimate of drug-likeness (QED) is 0.863. The van der Waals surface area contributed by atoms with E-state index in [2.05, 4.69) is 47.8 Å². The van der Waals surface area contributed by atoms with Crippen molar-refractivity contribution >= 4 is 6.03 Å². The number of nitrogens with one attached hydrogen (secondary N) is 1. The molecule has 2 aromatic rings. The molecule has 1 atom stereocenters. The molecule has 1 N–H and O–H groups in total. The average molecular weight is 392 g/mol. The summed E-state index contributed by atoms with van der Waals surface area (Å²) in [5.41, 5.74) is 3.92. The molecule has 152 valence electrons. The van der Waals surface area contributed by atoms with E-state index in [0.29, 0.717) is 6.54 Å². The van der Waals surface area contributed by atoms with E-state index >= 15 is 0 Å². The molecule has 3 aliphatic heterocycles. The van der Waals surface area contributed by atoms with E-state index in [0.717, 1.165) is 57.8 Å². The normalized spacial score (nSPS) is 21.9. The van der Waals surface area contributed by atoms with Crippen LogP contribution in [-0.2, 0) is 17.6 Å². The maximum atomic E-state index is 13.0. The summed E-state index contributed by atoms with van der Waals surface area (Å²) in [7, 11) is 0. The molecule has 2 aromatic carbocycles. The molecular weight excluding hydrogens is 364 g/mol. The second-order valence-electron chi connectivity index (χ2n) is 8.44. The largest absolute Gasteiger partial charge is 0.493 e. The number of hydrogen-bond acceptors (Lipinski definition) is 3. The molecule has 3 aliphatic rings. The van der Waals surface area contributed by atoms with Crippen LogP contribution >= 0.6 is 0 Å². The summed E-state index contributed by atoms with van der Waals surface area (Å²) in [4.78, 5) is 15.0. The van der Waals surface area contributed by atoms with Gasteiger partial charge in [0.05, 0.1) is 12.6 Å². The van der Waals surface area contributed by atoms with E-state index in [1.807, 2.05) is 11.0 Å². The first-order chi connectivity index (χ1) is 14.3. The molecule has 2 amide bonds. The molecule has 1 unspecified atom stereocenters. The number of benzene rings is 2. The van der Waals surface area contributed by atoms with Crippen LogP contribution in [0.1, 0.15) is 35.6 Å². The first-order valence-electron chi connectivity index (χ1n) is 10.7. The van der Waals surface area contributed by atoms with Crippen LogP contribution in [0.4, 0.5) is 4.79 Å². The van der Waals surface area contributed by atoms with Crippen molar-refractivity contribution in [3.8, 4) is 5.75 Å². The van der Waals surface area contributed by atoms with E-state index in [1.54, 1.807) is 0 Å². The number of nitrogens with zero attached hydrogens (tertiary/aromatic N) is 1. The maximum Gasteiger partial charge on any atom is 0.317 e. The predicted octanol–water partition coefficient (Wildman–Crippen LogP) is 3.73. The fourth-order valence-electron chi connectivity index (χ4n) is 5.11. The van der Waals surface area contributed by atoms with Crippen LogP contribution in [0.3, 0.4) is 0 Å². The number of hydrogen-bond donors (Lipinski definition) is 1. The number of urea groups is 1. The van der Waals surface area contributed by atoms with Crippen LogP contribution in [0.25, 0.3) is 0 Å². The van der Waals surface area contributed by atoms with Crippen LogP contribution in [0.2, 0.25) is 0 Å². The highest BCUT2D eigenvalue weighted by Gasteiger charge is 2.55. The Balaban J connectivity index is 1.23. The van der Waals surface area contributed by atoms with Crippen LogP contribution in [0.15, 0.2) is 48.5 Å². The molecule has 0 saturated carbocycles. The van der Waals surface area contributed by atoms with Gasteiger partial charge in [-0.05, 0) is 42.0 Å². The number of amides is 2. The molecule has 3 heterocycles. The summed E-state index contributed by atoms with van der Waals surface area (Å²) < 4.78 is 11.2. The molecule has 0 aliphatic carbocycles. The third-order valence-corrected chi connectivity index (χ3v) is 6.69. The lowest BCUT2D eigenvalue weighted by Crippen LogP contribution is -2.64. The van der Waals surface area contributed by atoms with Gasteiger partial charge in [0.15, 0.2) is 0 Å². The van der Waals surface area contributed by atoms with Crippen molar-refractivity contribution in [2.45, 2.75) is 31.7 Å². The van der Waals surface area contributed by atoms with Crippen LogP contribution < -0.4 is 10.1 Å². The van der Waals surface area contributed by atoms with E-state index in [-0.39, 0.29) is 17.5 Å². The highest BCUT2D eigenvalue weighted by Crippen LogP contribution is 2.54. The molecule has 0 bridgehead atoms. The Morgan fingerprint density at radius 1 is 1.10 bits per heavy atom. The standard InChI is InChI=1S/C24H28N2O3/c27-23(25-12-8-18-6-7-21-20(16-18)9-13-29-21)26-17-24(10-14-28-15-11-24)22(26)19-4-2-1-3-5-19/h1-7,16,22H,8-15,17H2,(H,25,27). The molecule has 0 radical (unpaired) electrons. The molecule has 5 nitrogen and oxygen atoms in total. The van der Waals surface area contributed by atoms with Crippen molar-refractivity contribution < 1.29 is 14.3 Å². The monoisotopic (exact) mass is 392 g/mol. The van der Waals surface area contributed by atoms with E-state index in [1.165, 1.54) is 16.7 Å². The summed E-state index contributed by atoms with van der Waals surface area (Å²) >= 11 is 0. The van der Waals surface area contributed by atoms with Gasteiger partial charge in [-0.2, -0.15) is 0 Å². The number of ether oxygens (including phenoxy) is 2. The number of carbonyl (C=O) groups is 1. The molecule has 2 fully saturated rings. The first-order valence-corrected chi connectivity index (χ1v) is 10.7. The second-order valence-corrected chi connectivity index (χ2v) is 8.44. The number of fused-ring (bicyclic) bond motifs is 1. The van der Waals surface area contributed by atoms with Gasteiger partial charge < -0.3 is 19.7 Å². The molecule has 29 heavy (non-hydrogen) atoms. The lowest BCUT2D eigenvalue weighted by Gasteiger charge is -2.59. The van der Waals surface area contributed by atoms with Gasteiger partial charge in [-0.15, -0.1) is 0 Å². The Labute approximate surface area is 172 Å². The van der Waals surface area contributed by atoms with Crippen LogP contribution in [0, 0.1) is 5.41 Å². The lowest BCUT2D eigenvalue weighted by molar-refractivity contribution is -0.111. The van der Waals surface area contributed by atoms with E-state index < -0.39 is 0 Å². The molecular formula is C24H28N2O3. The van der Waals surface area contributed by atoms with Gasteiger partial charge >= 0.3 is 6.03 Å². The first kappa shape index (κ1) is 18.5. The molecule has 1 spiro atoms. The lowest BCUT2D eigenvalue weighted by atomic mass is 9.64. The minimum atomic E-state index is 0.0421. The van der Waals surface area contributed by atoms with Crippen molar-refractivity contribution in [2.75, 3.05) is 32.9 Å². The zero-order valence-electron chi connectivity index (χ0n) is 16.7. The van der Waals surface area contributed by atoms with Gasteiger partial charge in [0, 0.05) is 38.1 Å². The number of rotatable bonds is 4. The van der Waals surface area contributed by atoms with Gasteiger partial charge in [-0.25, -0.2) is 4.79 Å². The van der Waals surface area contributed by atoms with Crippen molar-refractivity contribution in [3.63, 3.8) is 0 Å². The third-order valence-electron chi connectivity index (χ3n) is 6.69. The van der Waals surface area contributed by atoms with Crippen molar-refractivity contribution in [1.29, 1.82) is 0 Å². The average Bonchev–Trinajstić information content (AvgIpc) is 3.21. The summed E-state index contributed by atoms with van der Waals surface area (Å²) in [6.45, 7) is 3.82. The second kappa shape index (κ2) is 7.71. The Morgan fingerprint density at radius 3 is 2.76 bits per heavy atom. The fourth-order valence-corrected chi connectivity index (χ4v) is 5.11. The smallest absolute Gasteiger partial charge is 0.317 e. The van der Waals surface area contributed by atoms with Gasteiger partial charge in [0.1, 0.15) is 5.75 Å². The van der Waals surface area contributed by atoms with Gasteiger partial charge in [0.25, 0.3) is 0 Å². The Hall–Kier alpha value is -2.53. The zero-order chi connectivity index (χ0) is 19.7. The minimum absolute atomic E-state index is 0.0421. The Morgan fingerprint density at radius 2 is 1.93 bits per heavy atom. The molecule has 2 saturated heterocycles. The topological polar surface area (TPSA) is 50.8 Å². The highest BCUT2D eigenvalue weighted by molar-refractivity contribution is 5.76. The predicted molar refractivity (Wildman–Crippen MR) is 111 cm³/mol. The zero-order valence-corrected chi connectivity index (χ0v) is 16.7. The molecule has 5 rings (SSSR count). The Bertz CT molecular complexity index is 877. The third kappa shape index (κ3) is 3.48. The van der Waals surface area contributed by atoms with E-state index in [9.17, 15) is 4.79 Å². The summed E-state index contributed by atoms with van der Waals surface area (Å²) in [6, 6.07) is 17.0. The fraction of sp³-hybridized carbons (Fsp3) is 0.458. The van der Waals surface area contributed by atoms with Crippen molar-refractivity contribution in [3.05, 3.63) is 65.2 Å². The molecule has 0 aromatic heterocycles. The molecule has 5 heteroatoms. The number of carbonyl (C=O) groups excluding carboxylic acids is 1. The van der Waals surface area contributed by atoms with Crippen molar-refractivity contribution in [2.24, 2.45) is 5.41 Å². The summed E-state index contributed by atoms with van der Waals surface area (Å²) in [5, 5.41) is 3.15. The van der Waals surface area contributed by atoms with E-state index in [4.69, 9.17) is 9.47 Å². The van der Waals surface area contributed by atoms with Gasteiger partial charge in [-0.1, -0.05) is 42.5 Å². The maximum absolute atomic E-state index is 13.0.